The Morgan fingerprint density at radius 3 is 2.23 bits per heavy atom. The Hall–Kier alpha value is -3.01. The summed E-state index contributed by atoms with van der Waals surface area (Å²) >= 11 is 0. The summed E-state index contributed by atoms with van der Waals surface area (Å²) in [7, 11) is 0. The lowest BCUT2D eigenvalue weighted by atomic mass is 10.1. The Labute approximate surface area is 149 Å². The molecule has 7 heteroatoms. The summed E-state index contributed by atoms with van der Waals surface area (Å²) in [6.45, 7) is 2.01. The summed E-state index contributed by atoms with van der Waals surface area (Å²) in [5.74, 6) is -0.393. The van der Waals surface area contributed by atoms with Gasteiger partial charge in [0.05, 0.1) is 17.2 Å². The number of hydrogen-bond acceptors (Lipinski definition) is 3. The van der Waals surface area contributed by atoms with E-state index in [0.29, 0.717) is 31.7 Å². The molecule has 0 atom stereocenters. The van der Waals surface area contributed by atoms with E-state index >= 15 is 0 Å². The van der Waals surface area contributed by atoms with Gasteiger partial charge in [-0.2, -0.15) is 18.4 Å². The number of carbonyl (C=O) groups is 1. The fourth-order valence-corrected chi connectivity index (χ4v) is 2.93. The Bertz CT molecular complexity index is 832. The monoisotopic (exact) mass is 359 g/mol. The van der Waals surface area contributed by atoms with E-state index in [0.717, 1.165) is 17.8 Å². The second-order valence-corrected chi connectivity index (χ2v) is 6.02. The third-order valence-corrected chi connectivity index (χ3v) is 4.37. The van der Waals surface area contributed by atoms with Crippen molar-refractivity contribution in [2.45, 2.75) is 6.18 Å². The molecule has 2 aromatic rings. The molecule has 0 spiro atoms. The lowest BCUT2D eigenvalue weighted by Gasteiger charge is -2.36. The molecule has 0 bridgehead atoms. The van der Waals surface area contributed by atoms with E-state index < -0.39 is 17.6 Å². The zero-order chi connectivity index (χ0) is 18.7. The lowest BCUT2D eigenvalue weighted by Crippen LogP contribution is -2.48. The Morgan fingerprint density at radius 2 is 1.65 bits per heavy atom. The maximum absolute atomic E-state index is 12.8. The van der Waals surface area contributed by atoms with E-state index in [9.17, 15) is 18.0 Å². The fraction of sp³-hybridized carbons (Fsp3) is 0.263. The molecule has 1 aliphatic heterocycles. The molecule has 0 aliphatic carbocycles. The first-order valence-electron chi connectivity index (χ1n) is 8.10. The second kappa shape index (κ2) is 7.08. The maximum Gasteiger partial charge on any atom is 0.416 e. The molecule has 2 aromatic carbocycles. The Balaban J connectivity index is 1.66. The minimum Gasteiger partial charge on any atom is -0.368 e. The van der Waals surface area contributed by atoms with Crippen LogP contribution in [0.2, 0.25) is 0 Å². The second-order valence-electron chi connectivity index (χ2n) is 6.02. The highest BCUT2D eigenvalue weighted by Gasteiger charge is 2.31. The van der Waals surface area contributed by atoms with Gasteiger partial charge in [0.2, 0.25) is 0 Å². The minimum absolute atomic E-state index is 0.0478. The predicted molar refractivity (Wildman–Crippen MR) is 90.7 cm³/mol. The number of nitriles is 1. The Morgan fingerprint density at radius 1 is 1.00 bits per heavy atom. The average molecular weight is 359 g/mol. The number of alkyl halides is 3. The van der Waals surface area contributed by atoms with Crippen molar-refractivity contribution in [1.29, 1.82) is 5.26 Å². The molecule has 0 unspecified atom stereocenters. The molecular weight excluding hydrogens is 343 g/mol. The van der Waals surface area contributed by atoms with Gasteiger partial charge in [-0.1, -0.05) is 6.07 Å². The number of carbonyl (C=O) groups excluding carboxylic acids is 1. The van der Waals surface area contributed by atoms with Crippen LogP contribution < -0.4 is 4.90 Å². The molecule has 1 aliphatic rings. The highest BCUT2D eigenvalue weighted by Crippen LogP contribution is 2.30. The topological polar surface area (TPSA) is 47.3 Å². The summed E-state index contributed by atoms with van der Waals surface area (Å²) in [6.07, 6.45) is -4.47. The summed E-state index contributed by atoms with van der Waals surface area (Å²) in [5, 5.41) is 8.83. The molecule has 0 aromatic heterocycles. The third-order valence-electron chi connectivity index (χ3n) is 4.37. The van der Waals surface area contributed by atoms with Crippen molar-refractivity contribution >= 4 is 11.6 Å². The largest absolute Gasteiger partial charge is 0.416 e. The first kappa shape index (κ1) is 17.8. The smallest absolute Gasteiger partial charge is 0.368 e. The molecule has 4 nitrogen and oxygen atoms in total. The van der Waals surface area contributed by atoms with Gasteiger partial charge in [0.15, 0.2) is 0 Å². The molecule has 0 N–H and O–H groups in total. The van der Waals surface area contributed by atoms with Gasteiger partial charge in [0.1, 0.15) is 0 Å². The minimum atomic E-state index is -4.47. The van der Waals surface area contributed by atoms with Crippen LogP contribution in [0.5, 0.6) is 0 Å². The zero-order valence-corrected chi connectivity index (χ0v) is 13.8. The van der Waals surface area contributed by atoms with Crippen LogP contribution in [0.15, 0.2) is 48.5 Å². The summed E-state index contributed by atoms with van der Waals surface area (Å²) in [5.41, 5.74) is 0.758. The summed E-state index contributed by atoms with van der Waals surface area (Å²) in [6, 6.07) is 13.7. The molecule has 1 fully saturated rings. The number of amides is 1. The van der Waals surface area contributed by atoms with Crippen molar-refractivity contribution < 1.29 is 18.0 Å². The van der Waals surface area contributed by atoms with Crippen LogP contribution in [0.4, 0.5) is 18.9 Å². The quantitative estimate of drug-likeness (QED) is 0.824. The number of nitrogens with zero attached hydrogens (tertiary/aromatic N) is 3. The van der Waals surface area contributed by atoms with Crippen molar-refractivity contribution in [1.82, 2.24) is 4.90 Å². The standard InChI is InChI=1S/C19H16F3N3O/c20-19(21,22)16-3-1-2-15(12-16)18(26)25-10-8-24(9-11-25)17-6-4-14(13-23)5-7-17/h1-7,12H,8-11H2. The zero-order valence-electron chi connectivity index (χ0n) is 13.8. The molecule has 26 heavy (non-hydrogen) atoms. The van der Waals surface area contributed by atoms with Gasteiger partial charge in [-0.05, 0) is 42.5 Å². The van der Waals surface area contributed by atoms with Crippen molar-refractivity contribution in [3.8, 4) is 6.07 Å². The molecule has 1 heterocycles. The van der Waals surface area contributed by atoms with E-state index in [1.165, 1.54) is 12.1 Å². The molecule has 1 amide bonds. The third kappa shape index (κ3) is 3.80. The number of rotatable bonds is 2. The molecular formula is C19H16F3N3O. The molecule has 0 saturated carbocycles. The molecule has 134 valence electrons. The predicted octanol–water partition coefficient (Wildman–Crippen LogP) is 3.54. The lowest BCUT2D eigenvalue weighted by molar-refractivity contribution is -0.137. The van der Waals surface area contributed by atoms with Crippen LogP contribution in [0, 0.1) is 11.3 Å². The van der Waals surface area contributed by atoms with E-state index in [1.54, 1.807) is 17.0 Å². The highest BCUT2D eigenvalue weighted by molar-refractivity contribution is 5.94. The van der Waals surface area contributed by atoms with Crippen LogP contribution in [0.25, 0.3) is 0 Å². The van der Waals surface area contributed by atoms with Crippen molar-refractivity contribution in [2.24, 2.45) is 0 Å². The van der Waals surface area contributed by atoms with Gasteiger partial charge >= 0.3 is 6.18 Å². The van der Waals surface area contributed by atoms with Crippen LogP contribution in [-0.4, -0.2) is 37.0 Å². The van der Waals surface area contributed by atoms with Gasteiger partial charge in [-0.25, -0.2) is 0 Å². The van der Waals surface area contributed by atoms with Crippen molar-refractivity contribution in [3.63, 3.8) is 0 Å². The number of halogens is 3. The van der Waals surface area contributed by atoms with Gasteiger partial charge < -0.3 is 9.80 Å². The normalized spacial score (nSPS) is 14.8. The maximum atomic E-state index is 12.8. The van der Waals surface area contributed by atoms with Gasteiger partial charge in [-0.15, -0.1) is 0 Å². The number of hydrogen-bond donors (Lipinski definition) is 0. The van der Waals surface area contributed by atoms with Crippen molar-refractivity contribution in [2.75, 3.05) is 31.1 Å². The number of benzene rings is 2. The molecule has 0 radical (unpaired) electrons. The van der Waals surface area contributed by atoms with E-state index in [-0.39, 0.29) is 5.56 Å². The van der Waals surface area contributed by atoms with Gasteiger partial charge in [0, 0.05) is 37.4 Å². The summed E-state index contributed by atoms with van der Waals surface area (Å²) in [4.78, 5) is 16.2. The van der Waals surface area contributed by atoms with E-state index in [4.69, 9.17) is 5.26 Å². The SMILES string of the molecule is N#Cc1ccc(N2CCN(C(=O)c3cccc(C(F)(F)F)c3)CC2)cc1. The number of anilines is 1. The van der Waals surface area contributed by atoms with Gasteiger partial charge in [-0.3, -0.25) is 4.79 Å². The first-order valence-corrected chi connectivity index (χ1v) is 8.10. The van der Waals surface area contributed by atoms with E-state index in [2.05, 4.69) is 11.0 Å². The number of piperazine rings is 1. The van der Waals surface area contributed by atoms with Crippen LogP contribution in [0.3, 0.4) is 0 Å². The fourth-order valence-electron chi connectivity index (χ4n) is 2.93. The first-order chi connectivity index (χ1) is 12.4. The van der Waals surface area contributed by atoms with Crippen LogP contribution in [0.1, 0.15) is 21.5 Å². The van der Waals surface area contributed by atoms with Crippen molar-refractivity contribution in [3.05, 3.63) is 65.2 Å². The Kier molecular flexibility index (Phi) is 4.85. The van der Waals surface area contributed by atoms with E-state index in [1.807, 2.05) is 12.1 Å². The van der Waals surface area contributed by atoms with Gasteiger partial charge in [0.25, 0.3) is 5.91 Å². The molecule has 3 rings (SSSR count). The average Bonchev–Trinajstić information content (AvgIpc) is 2.67. The molecule has 1 saturated heterocycles. The highest BCUT2D eigenvalue weighted by atomic mass is 19.4. The van der Waals surface area contributed by atoms with Crippen LogP contribution >= 0.6 is 0 Å². The van der Waals surface area contributed by atoms with Crippen LogP contribution in [-0.2, 0) is 6.18 Å². The summed E-state index contributed by atoms with van der Waals surface area (Å²) < 4.78 is 38.4.